The normalized spacial score (nSPS) is 17.9. The number of rotatable bonds is 3. The van der Waals surface area contributed by atoms with Crippen LogP contribution in [-0.2, 0) is 0 Å². The second kappa shape index (κ2) is 5.20. The smallest absolute Gasteiger partial charge is 0.0247 e. The van der Waals surface area contributed by atoms with Crippen LogP contribution in [0.15, 0.2) is 23.4 Å². The van der Waals surface area contributed by atoms with E-state index in [1.165, 1.54) is 11.3 Å². The lowest BCUT2D eigenvalue weighted by Gasteiger charge is -2.22. The fraction of sp³-hybridized carbons (Fsp3) is 0.667. The van der Waals surface area contributed by atoms with Gasteiger partial charge in [0.25, 0.3) is 0 Å². The summed E-state index contributed by atoms with van der Waals surface area (Å²) in [5, 5.41) is 0. The highest BCUT2D eigenvalue weighted by Gasteiger charge is 2.08. The Morgan fingerprint density at radius 3 is 2.86 bits per heavy atom. The lowest BCUT2D eigenvalue weighted by molar-refractivity contribution is 0.374. The number of hydrogen-bond donors (Lipinski definition) is 0. The Labute approximate surface area is 87.9 Å². The zero-order valence-corrected chi connectivity index (χ0v) is 9.88. The van der Waals surface area contributed by atoms with E-state index in [4.69, 9.17) is 0 Å². The molecule has 1 aliphatic rings. The largest absolute Gasteiger partial charge is 0.378 e. The molecule has 0 aliphatic carbocycles. The van der Waals surface area contributed by atoms with Crippen LogP contribution < -0.4 is 0 Å². The average Bonchev–Trinajstić information content (AvgIpc) is 2.33. The van der Waals surface area contributed by atoms with E-state index in [-0.39, 0.29) is 0 Å². The van der Waals surface area contributed by atoms with Crippen molar-refractivity contribution in [2.45, 2.75) is 20.3 Å². The van der Waals surface area contributed by atoms with Crippen molar-refractivity contribution in [2.24, 2.45) is 0 Å². The van der Waals surface area contributed by atoms with Crippen LogP contribution in [0.2, 0.25) is 0 Å². The van der Waals surface area contributed by atoms with Gasteiger partial charge in [0, 0.05) is 25.8 Å². The molecule has 80 valence electrons. The molecule has 0 aromatic rings. The van der Waals surface area contributed by atoms with E-state index in [0.29, 0.717) is 0 Å². The quantitative estimate of drug-likeness (QED) is 0.679. The third-order valence-corrected chi connectivity index (χ3v) is 2.97. The maximum atomic E-state index is 2.35. The van der Waals surface area contributed by atoms with Crippen molar-refractivity contribution in [2.75, 3.05) is 33.7 Å². The molecule has 0 atom stereocenters. The third-order valence-electron chi connectivity index (χ3n) is 2.97. The Kier molecular flexibility index (Phi) is 4.21. The fourth-order valence-electron chi connectivity index (χ4n) is 1.60. The predicted molar refractivity (Wildman–Crippen MR) is 62.3 cm³/mol. The van der Waals surface area contributed by atoms with Gasteiger partial charge in [0.15, 0.2) is 0 Å². The first kappa shape index (κ1) is 11.3. The molecule has 0 N–H and O–H groups in total. The van der Waals surface area contributed by atoms with E-state index in [0.717, 1.165) is 26.1 Å². The standard InChI is InChI=1S/C12H22N2/c1-5-13(3)10-12-8-6-7-9-14(4)11(12)2/h6,8H,5,7,9-10H2,1-4H3. The molecular weight excluding hydrogens is 172 g/mol. The van der Waals surface area contributed by atoms with Gasteiger partial charge in [0.1, 0.15) is 0 Å². The van der Waals surface area contributed by atoms with E-state index < -0.39 is 0 Å². The topological polar surface area (TPSA) is 6.48 Å². The number of likely N-dealkylation sites (N-methyl/N-ethyl adjacent to an activating group) is 1. The first-order valence-corrected chi connectivity index (χ1v) is 5.41. The number of nitrogens with zero attached hydrogens (tertiary/aromatic N) is 2. The first-order valence-electron chi connectivity index (χ1n) is 5.41. The molecule has 14 heavy (non-hydrogen) atoms. The molecule has 0 bridgehead atoms. The van der Waals surface area contributed by atoms with Crippen molar-refractivity contribution in [1.82, 2.24) is 9.80 Å². The van der Waals surface area contributed by atoms with Crippen LogP contribution >= 0.6 is 0 Å². The highest BCUT2D eigenvalue weighted by atomic mass is 15.1. The molecule has 0 amide bonds. The van der Waals surface area contributed by atoms with Gasteiger partial charge < -0.3 is 9.80 Å². The Bertz CT molecular complexity index is 241. The summed E-state index contributed by atoms with van der Waals surface area (Å²) in [5.74, 6) is 0. The average molecular weight is 194 g/mol. The molecule has 0 saturated carbocycles. The van der Waals surface area contributed by atoms with Gasteiger partial charge in [0.2, 0.25) is 0 Å². The van der Waals surface area contributed by atoms with Crippen LogP contribution in [0, 0.1) is 0 Å². The molecule has 0 saturated heterocycles. The molecule has 0 aromatic carbocycles. The number of hydrogen-bond acceptors (Lipinski definition) is 2. The molecule has 2 heteroatoms. The van der Waals surface area contributed by atoms with E-state index in [9.17, 15) is 0 Å². The summed E-state index contributed by atoms with van der Waals surface area (Å²) >= 11 is 0. The van der Waals surface area contributed by atoms with Gasteiger partial charge in [-0.1, -0.05) is 19.1 Å². The van der Waals surface area contributed by atoms with Gasteiger partial charge in [-0.25, -0.2) is 0 Å². The van der Waals surface area contributed by atoms with Gasteiger partial charge in [0.05, 0.1) is 0 Å². The SMILES string of the molecule is CCN(C)CC1=C(C)N(C)CCC=C1. The summed E-state index contributed by atoms with van der Waals surface area (Å²) in [7, 11) is 4.34. The molecule has 1 heterocycles. The van der Waals surface area contributed by atoms with Crippen LogP contribution in [0.3, 0.4) is 0 Å². The lowest BCUT2D eigenvalue weighted by Crippen LogP contribution is -2.23. The van der Waals surface area contributed by atoms with Crippen molar-refractivity contribution in [3.05, 3.63) is 23.4 Å². The van der Waals surface area contributed by atoms with Crippen LogP contribution in [0.25, 0.3) is 0 Å². The molecule has 2 nitrogen and oxygen atoms in total. The highest BCUT2D eigenvalue weighted by molar-refractivity contribution is 5.27. The third kappa shape index (κ3) is 2.88. The van der Waals surface area contributed by atoms with Crippen LogP contribution in [0.4, 0.5) is 0 Å². The summed E-state index contributed by atoms with van der Waals surface area (Å²) in [5.41, 5.74) is 2.87. The van der Waals surface area contributed by atoms with Crippen LogP contribution in [0.1, 0.15) is 20.3 Å². The summed E-state index contributed by atoms with van der Waals surface area (Å²) in [6, 6.07) is 0. The van der Waals surface area contributed by atoms with Crippen molar-refractivity contribution < 1.29 is 0 Å². The molecule has 0 radical (unpaired) electrons. The Morgan fingerprint density at radius 1 is 1.50 bits per heavy atom. The molecule has 0 fully saturated rings. The minimum absolute atomic E-state index is 1.06. The maximum absolute atomic E-state index is 2.35. The summed E-state index contributed by atoms with van der Waals surface area (Å²) < 4.78 is 0. The molecule has 1 aliphatic heterocycles. The van der Waals surface area contributed by atoms with Gasteiger partial charge in [-0.3, -0.25) is 0 Å². The first-order chi connectivity index (χ1) is 6.65. The minimum atomic E-state index is 1.06. The Balaban J connectivity index is 2.74. The maximum Gasteiger partial charge on any atom is 0.0247 e. The van der Waals surface area contributed by atoms with Gasteiger partial charge in [-0.2, -0.15) is 0 Å². The zero-order valence-electron chi connectivity index (χ0n) is 9.88. The Hall–Kier alpha value is -0.760. The predicted octanol–water partition coefficient (Wildman–Crippen LogP) is 2.10. The summed E-state index contributed by atoms with van der Waals surface area (Å²) in [6.07, 6.45) is 5.73. The van der Waals surface area contributed by atoms with Crippen LogP contribution in [0.5, 0.6) is 0 Å². The summed E-state index contributed by atoms with van der Waals surface area (Å²) in [6.45, 7) is 7.72. The second-order valence-electron chi connectivity index (χ2n) is 4.05. The lowest BCUT2D eigenvalue weighted by atomic mass is 10.2. The van der Waals surface area contributed by atoms with E-state index in [1.807, 2.05) is 0 Å². The zero-order chi connectivity index (χ0) is 10.6. The van der Waals surface area contributed by atoms with E-state index >= 15 is 0 Å². The van der Waals surface area contributed by atoms with Crippen molar-refractivity contribution in [3.8, 4) is 0 Å². The van der Waals surface area contributed by atoms with Crippen molar-refractivity contribution >= 4 is 0 Å². The second-order valence-corrected chi connectivity index (χ2v) is 4.05. The monoisotopic (exact) mass is 194 g/mol. The molecule has 0 unspecified atom stereocenters. The molecule has 0 spiro atoms. The molecule has 0 aromatic heterocycles. The Morgan fingerprint density at radius 2 is 2.21 bits per heavy atom. The van der Waals surface area contributed by atoms with E-state index in [2.05, 4.69) is 49.9 Å². The summed E-state index contributed by atoms with van der Waals surface area (Å²) in [4.78, 5) is 4.68. The minimum Gasteiger partial charge on any atom is -0.378 e. The molecular formula is C12H22N2. The van der Waals surface area contributed by atoms with Gasteiger partial charge >= 0.3 is 0 Å². The molecule has 1 rings (SSSR count). The number of allylic oxidation sites excluding steroid dienone is 1. The van der Waals surface area contributed by atoms with Gasteiger partial charge in [-0.15, -0.1) is 0 Å². The van der Waals surface area contributed by atoms with Crippen molar-refractivity contribution in [3.63, 3.8) is 0 Å². The van der Waals surface area contributed by atoms with E-state index in [1.54, 1.807) is 0 Å². The van der Waals surface area contributed by atoms with Crippen LogP contribution in [-0.4, -0.2) is 43.5 Å². The van der Waals surface area contributed by atoms with Crippen molar-refractivity contribution in [1.29, 1.82) is 0 Å². The fourth-order valence-corrected chi connectivity index (χ4v) is 1.60. The van der Waals surface area contributed by atoms with Gasteiger partial charge in [-0.05, 0) is 32.5 Å². The highest BCUT2D eigenvalue weighted by Crippen LogP contribution is 2.15.